The molecular weight excluding hydrogens is 281 g/mol. The molecule has 0 aliphatic carbocycles. The van der Waals surface area contributed by atoms with Crippen LogP contribution in [-0.4, -0.2) is 0 Å². The van der Waals surface area contributed by atoms with Crippen LogP contribution < -0.4 is 0 Å². The lowest BCUT2D eigenvalue weighted by atomic mass is 9.81. The van der Waals surface area contributed by atoms with Crippen molar-refractivity contribution >= 4 is 15.9 Å². The summed E-state index contributed by atoms with van der Waals surface area (Å²) < 4.78 is 38.5. The Kier molecular flexibility index (Phi) is 3.72. The van der Waals surface area contributed by atoms with Crippen LogP contribution in [0.4, 0.5) is 13.2 Å². The molecule has 0 amide bonds. The van der Waals surface area contributed by atoms with Crippen LogP contribution in [0.3, 0.4) is 0 Å². The molecule has 0 fully saturated rings. The van der Waals surface area contributed by atoms with Crippen molar-refractivity contribution in [1.29, 1.82) is 0 Å². The van der Waals surface area contributed by atoms with Gasteiger partial charge in [0.1, 0.15) is 0 Å². The molecule has 90 valence electrons. The van der Waals surface area contributed by atoms with E-state index in [2.05, 4.69) is 15.9 Å². The zero-order valence-electron chi connectivity index (χ0n) is 9.45. The molecule has 0 N–H and O–H groups in total. The van der Waals surface area contributed by atoms with Gasteiger partial charge in [-0.3, -0.25) is 0 Å². The van der Waals surface area contributed by atoms with Gasteiger partial charge < -0.3 is 0 Å². The van der Waals surface area contributed by atoms with Crippen LogP contribution in [0, 0.1) is 0 Å². The molecule has 0 nitrogen and oxygen atoms in total. The predicted molar refractivity (Wildman–Crippen MR) is 62.5 cm³/mol. The quantitative estimate of drug-likeness (QED) is 0.707. The third kappa shape index (κ3) is 2.78. The first kappa shape index (κ1) is 13.6. The highest BCUT2D eigenvalue weighted by atomic mass is 79.9. The molecule has 1 rings (SSSR count). The number of hydrogen-bond donors (Lipinski definition) is 0. The maximum Gasteiger partial charge on any atom is 0.416 e. The zero-order valence-corrected chi connectivity index (χ0v) is 11.0. The standard InChI is InChI=1S/C12H14BrF3/c1-4-11(2,3)9-7-8(12(14,15)16)5-6-10(9)13/h5-7H,4H2,1-3H3. The van der Waals surface area contributed by atoms with Crippen molar-refractivity contribution in [1.82, 2.24) is 0 Å². The fourth-order valence-corrected chi connectivity index (χ4v) is 2.19. The van der Waals surface area contributed by atoms with Gasteiger partial charge in [0.15, 0.2) is 0 Å². The molecule has 0 unspecified atom stereocenters. The van der Waals surface area contributed by atoms with Gasteiger partial charge in [-0.1, -0.05) is 36.7 Å². The summed E-state index contributed by atoms with van der Waals surface area (Å²) in [5.41, 5.74) is -0.155. The minimum atomic E-state index is -4.28. The molecule has 0 aromatic heterocycles. The lowest BCUT2D eigenvalue weighted by Crippen LogP contribution is -2.18. The summed E-state index contributed by atoms with van der Waals surface area (Å²) in [5, 5.41) is 0. The SMILES string of the molecule is CCC(C)(C)c1cc(C(F)(F)F)ccc1Br. The number of rotatable bonds is 2. The van der Waals surface area contributed by atoms with E-state index in [9.17, 15) is 13.2 Å². The van der Waals surface area contributed by atoms with Gasteiger partial charge in [0.2, 0.25) is 0 Å². The third-order valence-electron chi connectivity index (χ3n) is 2.91. The molecule has 0 bridgehead atoms. The molecule has 0 spiro atoms. The molecule has 0 heterocycles. The topological polar surface area (TPSA) is 0 Å². The second kappa shape index (κ2) is 4.40. The van der Waals surface area contributed by atoms with Gasteiger partial charge in [-0.25, -0.2) is 0 Å². The molecule has 0 atom stereocenters. The fraction of sp³-hybridized carbons (Fsp3) is 0.500. The maximum atomic E-state index is 12.6. The Balaban J connectivity index is 3.30. The molecule has 0 aliphatic heterocycles. The van der Waals surface area contributed by atoms with Crippen molar-refractivity contribution in [2.45, 2.75) is 38.8 Å². The monoisotopic (exact) mass is 294 g/mol. The first-order valence-corrected chi connectivity index (χ1v) is 5.85. The lowest BCUT2D eigenvalue weighted by Gasteiger charge is -2.25. The summed E-state index contributed by atoms with van der Waals surface area (Å²) in [5.74, 6) is 0. The van der Waals surface area contributed by atoms with Gasteiger partial charge in [-0.2, -0.15) is 13.2 Å². The molecule has 16 heavy (non-hydrogen) atoms. The van der Waals surface area contributed by atoms with E-state index in [-0.39, 0.29) is 5.41 Å². The maximum absolute atomic E-state index is 12.6. The highest BCUT2D eigenvalue weighted by Gasteiger charge is 2.32. The predicted octanol–water partition coefficient (Wildman–Crippen LogP) is 5.16. The first-order valence-electron chi connectivity index (χ1n) is 5.05. The van der Waals surface area contributed by atoms with Gasteiger partial charge in [0.25, 0.3) is 0 Å². The van der Waals surface area contributed by atoms with Gasteiger partial charge in [-0.15, -0.1) is 0 Å². The summed E-state index contributed by atoms with van der Waals surface area (Å²) >= 11 is 3.31. The van der Waals surface area contributed by atoms with Crippen molar-refractivity contribution in [3.8, 4) is 0 Å². The van der Waals surface area contributed by atoms with Gasteiger partial charge in [0.05, 0.1) is 5.56 Å². The normalized spacial score (nSPS) is 12.9. The van der Waals surface area contributed by atoms with Gasteiger partial charge >= 0.3 is 6.18 Å². The molecule has 0 radical (unpaired) electrons. The van der Waals surface area contributed by atoms with Crippen molar-refractivity contribution in [3.63, 3.8) is 0 Å². The van der Waals surface area contributed by atoms with Crippen molar-refractivity contribution in [2.24, 2.45) is 0 Å². The number of alkyl halides is 3. The van der Waals surface area contributed by atoms with E-state index in [1.807, 2.05) is 20.8 Å². The Labute approximate surface area is 102 Å². The van der Waals surface area contributed by atoms with Crippen LogP contribution in [0.5, 0.6) is 0 Å². The van der Waals surface area contributed by atoms with E-state index in [1.165, 1.54) is 12.1 Å². The highest BCUT2D eigenvalue weighted by Crippen LogP contribution is 2.37. The van der Waals surface area contributed by atoms with E-state index in [4.69, 9.17) is 0 Å². The average molecular weight is 295 g/mol. The van der Waals surface area contributed by atoms with E-state index < -0.39 is 11.7 Å². The van der Waals surface area contributed by atoms with Gasteiger partial charge in [-0.05, 0) is 35.6 Å². The van der Waals surface area contributed by atoms with Crippen LogP contribution in [0.15, 0.2) is 22.7 Å². The molecule has 1 aromatic carbocycles. The van der Waals surface area contributed by atoms with Crippen molar-refractivity contribution < 1.29 is 13.2 Å². The van der Waals surface area contributed by atoms with E-state index in [0.29, 0.717) is 5.56 Å². The fourth-order valence-electron chi connectivity index (χ4n) is 1.41. The van der Waals surface area contributed by atoms with Crippen molar-refractivity contribution in [2.75, 3.05) is 0 Å². The molecular formula is C12H14BrF3. The molecule has 4 heteroatoms. The minimum absolute atomic E-state index is 0.264. The Hall–Kier alpha value is -0.510. The third-order valence-corrected chi connectivity index (χ3v) is 3.60. The van der Waals surface area contributed by atoms with E-state index in [1.54, 1.807) is 0 Å². The second-order valence-corrected chi connectivity index (χ2v) is 5.28. The van der Waals surface area contributed by atoms with Crippen LogP contribution in [0.25, 0.3) is 0 Å². The molecule has 0 saturated heterocycles. The minimum Gasteiger partial charge on any atom is -0.166 e. The highest BCUT2D eigenvalue weighted by molar-refractivity contribution is 9.10. The summed E-state index contributed by atoms with van der Waals surface area (Å²) in [6, 6.07) is 3.79. The zero-order chi connectivity index (χ0) is 12.6. The summed E-state index contributed by atoms with van der Waals surface area (Å²) in [4.78, 5) is 0. The molecule has 1 aromatic rings. The van der Waals surface area contributed by atoms with Crippen LogP contribution in [-0.2, 0) is 11.6 Å². The average Bonchev–Trinajstić information content (AvgIpc) is 2.16. The van der Waals surface area contributed by atoms with Crippen molar-refractivity contribution in [3.05, 3.63) is 33.8 Å². The Bertz CT molecular complexity index is 380. The second-order valence-electron chi connectivity index (χ2n) is 4.43. The Morgan fingerprint density at radius 1 is 1.19 bits per heavy atom. The molecule has 0 saturated carbocycles. The number of halogens is 4. The lowest BCUT2D eigenvalue weighted by molar-refractivity contribution is -0.137. The number of hydrogen-bond acceptors (Lipinski definition) is 0. The summed E-state index contributed by atoms with van der Waals surface area (Å²) in [6.07, 6.45) is -3.49. The van der Waals surface area contributed by atoms with Crippen LogP contribution >= 0.6 is 15.9 Å². The Morgan fingerprint density at radius 3 is 2.19 bits per heavy atom. The van der Waals surface area contributed by atoms with Crippen LogP contribution in [0.2, 0.25) is 0 Å². The molecule has 0 aliphatic rings. The largest absolute Gasteiger partial charge is 0.416 e. The number of benzene rings is 1. The summed E-state index contributed by atoms with van der Waals surface area (Å²) in [7, 11) is 0. The van der Waals surface area contributed by atoms with Crippen LogP contribution in [0.1, 0.15) is 38.3 Å². The Morgan fingerprint density at radius 2 is 1.75 bits per heavy atom. The van der Waals surface area contributed by atoms with E-state index in [0.717, 1.165) is 17.0 Å². The first-order chi connectivity index (χ1) is 7.18. The summed E-state index contributed by atoms with van der Waals surface area (Å²) in [6.45, 7) is 5.84. The van der Waals surface area contributed by atoms with Gasteiger partial charge in [0, 0.05) is 4.47 Å². The van der Waals surface area contributed by atoms with E-state index >= 15 is 0 Å². The smallest absolute Gasteiger partial charge is 0.166 e.